The quantitative estimate of drug-likeness (QED) is 0.396. The summed E-state index contributed by atoms with van der Waals surface area (Å²) in [5.41, 5.74) is 8.27. The molecule has 31 heavy (non-hydrogen) atoms. The van der Waals surface area contributed by atoms with Gasteiger partial charge in [0.25, 0.3) is 0 Å². The first kappa shape index (κ1) is 22.9. The van der Waals surface area contributed by atoms with Crippen LogP contribution in [0.3, 0.4) is 0 Å². The van der Waals surface area contributed by atoms with Gasteiger partial charge in [-0.25, -0.2) is 13.2 Å². The molecule has 164 valence electrons. The fourth-order valence-corrected chi connectivity index (χ4v) is 5.85. The lowest BCUT2D eigenvalue weighted by molar-refractivity contribution is 0.168. The van der Waals surface area contributed by atoms with Crippen molar-refractivity contribution in [3.8, 4) is 0 Å². The maximum Gasteiger partial charge on any atom is 0.411 e. The maximum absolute atomic E-state index is 13.0. The van der Waals surface area contributed by atoms with E-state index in [0.29, 0.717) is 28.5 Å². The number of anilines is 3. The monoisotopic (exact) mass is 479 g/mol. The van der Waals surface area contributed by atoms with Crippen molar-refractivity contribution in [1.29, 1.82) is 0 Å². The second-order valence-corrected chi connectivity index (χ2v) is 9.93. The van der Waals surface area contributed by atoms with Gasteiger partial charge < -0.3 is 15.8 Å². The van der Waals surface area contributed by atoms with Crippen molar-refractivity contribution < 1.29 is 17.9 Å². The van der Waals surface area contributed by atoms with E-state index < -0.39 is 15.9 Å². The van der Waals surface area contributed by atoms with Crippen molar-refractivity contribution in [3.05, 3.63) is 63.3 Å². The summed E-state index contributed by atoms with van der Waals surface area (Å²) in [5, 5.41) is 7.94. The lowest BCUT2D eigenvalue weighted by atomic mass is 10.2. The molecule has 0 aliphatic carbocycles. The van der Waals surface area contributed by atoms with Crippen LogP contribution >= 0.6 is 22.9 Å². The van der Waals surface area contributed by atoms with E-state index in [4.69, 9.17) is 22.1 Å². The highest BCUT2D eigenvalue weighted by atomic mass is 35.5. The van der Waals surface area contributed by atoms with E-state index in [0.717, 1.165) is 10.6 Å². The van der Waals surface area contributed by atoms with E-state index in [1.807, 2.05) is 0 Å². The number of benzene rings is 2. The van der Waals surface area contributed by atoms with Crippen molar-refractivity contribution in [2.75, 3.05) is 23.0 Å². The van der Waals surface area contributed by atoms with Crippen LogP contribution in [0.2, 0.25) is 5.02 Å². The fourth-order valence-electron chi connectivity index (χ4n) is 2.86. The molecule has 1 heterocycles. The molecule has 0 atom stereocenters. The summed E-state index contributed by atoms with van der Waals surface area (Å²) in [4.78, 5) is 12.9. The van der Waals surface area contributed by atoms with Gasteiger partial charge in [-0.3, -0.25) is 5.32 Å². The molecule has 7 nitrogen and oxygen atoms in total. The van der Waals surface area contributed by atoms with Gasteiger partial charge in [-0.15, -0.1) is 11.3 Å². The van der Waals surface area contributed by atoms with Crippen LogP contribution in [0, 0.1) is 6.92 Å². The summed E-state index contributed by atoms with van der Waals surface area (Å²) in [6.07, 6.45) is -0.571. The zero-order valence-corrected chi connectivity index (χ0v) is 19.3. The largest absolute Gasteiger partial charge is 0.450 e. The van der Waals surface area contributed by atoms with Crippen molar-refractivity contribution >= 4 is 55.9 Å². The van der Waals surface area contributed by atoms with Gasteiger partial charge in [0.05, 0.1) is 27.8 Å². The smallest absolute Gasteiger partial charge is 0.411 e. The predicted molar refractivity (Wildman–Crippen MR) is 125 cm³/mol. The third-order valence-electron chi connectivity index (χ3n) is 4.53. The summed E-state index contributed by atoms with van der Waals surface area (Å²) in [7, 11) is -3.63. The predicted octanol–water partition coefficient (Wildman–Crippen LogP) is 5.31. The molecule has 10 heteroatoms. The highest BCUT2D eigenvalue weighted by Gasteiger charge is 2.23. The average Bonchev–Trinajstić information content (AvgIpc) is 3.10. The third-order valence-corrected chi connectivity index (χ3v) is 7.91. The van der Waals surface area contributed by atoms with Gasteiger partial charge in [0.1, 0.15) is 0 Å². The third kappa shape index (κ3) is 5.30. The Bertz CT molecular complexity index is 1190. The first-order valence-electron chi connectivity index (χ1n) is 9.37. The van der Waals surface area contributed by atoms with Crippen molar-refractivity contribution in [2.24, 2.45) is 0 Å². The molecule has 2 aromatic carbocycles. The average molecular weight is 480 g/mol. The Labute approximate surface area is 190 Å². The van der Waals surface area contributed by atoms with Crippen LogP contribution in [0.5, 0.6) is 0 Å². The normalized spacial score (nSPS) is 11.2. The number of sulfone groups is 1. The molecular weight excluding hydrogens is 458 g/mol. The lowest BCUT2D eigenvalue weighted by Crippen LogP contribution is -2.14. The molecule has 1 amide bonds. The molecule has 0 saturated heterocycles. The van der Waals surface area contributed by atoms with Crippen LogP contribution in [0.15, 0.2) is 57.6 Å². The van der Waals surface area contributed by atoms with Crippen LogP contribution in [-0.4, -0.2) is 21.1 Å². The first-order valence-corrected chi connectivity index (χ1v) is 12.1. The fraction of sp³-hybridized carbons (Fsp3) is 0.190. The van der Waals surface area contributed by atoms with Crippen LogP contribution in [0.1, 0.15) is 17.4 Å². The highest BCUT2D eigenvalue weighted by Crippen LogP contribution is 2.32. The summed E-state index contributed by atoms with van der Waals surface area (Å²) in [6, 6.07) is 11.3. The number of ether oxygens (including phenoxy) is 1. The zero-order chi connectivity index (χ0) is 22.6. The number of nitrogens with two attached hydrogens (primary N) is 1. The van der Waals surface area contributed by atoms with E-state index in [1.165, 1.54) is 23.5 Å². The molecule has 0 spiro atoms. The van der Waals surface area contributed by atoms with Gasteiger partial charge in [-0.05, 0) is 61.9 Å². The molecule has 0 radical (unpaired) electrons. The van der Waals surface area contributed by atoms with E-state index >= 15 is 0 Å². The number of amides is 1. The number of hydrogen-bond donors (Lipinski definition) is 3. The van der Waals surface area contributed by atoms with Crippen LogP contribution in [-0.2, 0) is 21.1 Å². The standard InChI is InChI=1S/C21H22ClN3O4S2/c1-3-29-21(26)25-18-9-6-15(10-17(18)23)24-11-19-13(2)20(12-30-19)31(27,28)16-7-4-14(22)5-8-16/h4-10,12,24H,3,11,23H2,1-2H3,(H,25,26). The lowest BCUT2D eigenvalue weighted by Gasteiger charge is -2.11. The van der Waals surface area contributed by atoms with E-state index in [1.54, 1.807) is 49.6 Å². The molecule has 0 fully saturated rings. The minimum absolute atomic E-state index is 0.203. The molecule has 0 saturated carbocycles. The Balaban J connectivity index is 1.72. The minimum Gasteiger partial charge on any atom is -0.450 e. The second kappa shape index (κ2) is 9.59. The Morgan fingerprint density at radius 1 is 1.19 bits per heavy atom. The van der Waals surface area contributed by atoms with Gasteiger partial charge in [-0.1, -0.05) is 11.6 Å². The number of carbonyl (C=O) groups is 1. The summed E-state index contributed by atoms with van der Waals surface area (Å²) < 4.78 is 30.7. The Hall–Kier alpha value is -2.75. The first-order chi connectivity index (χ1) is 14.7. The number of nitrogens with one attached hydrogen (secondary N) is 2. The van der Waals surface area contributed by atoms with Gasteiger partial charge in [0.2, 0.25) is 9.84 Å². The van der Waals surface area contributed by atoms with E-state index in [2.05, 4.69) is 10.6 Å². The molecule has 1 aromatic heterocycles. The number of halogens is 1. The number of hydrogen-bond acceptors (Lipinski definition) is 7. The molecule has 3 rings (SSSR count). The molecule has 0 aliphatic rings. The topological polar surface area (TPSA) is 111 Å². The maximum atomic E-state index is 13.0. The number of carbonyl (C=O) groups excluding carboxylic acids is 1. The summed E-state index contributed by atoms with van der Waals surface area (Å²) >= 11 is 7.23. The van der Waals surface area contributed by atoms with E-state index in [9.17, 15) is 13.2 Å². The number of nitrogen functional groups attached to an aromatic ring is 1. The number of rotatable bonds is 7. The van der Waals surface area contributed by atoms with Gasteiger partial charge >= 0.3 is 6.09 Å². The molecule has 0 unspecified atom stereocenters. The summed E-state index contributed by atoms with van der Waals surface area (Å²) in [6.45, 7) is 4.20. The molecular formula is C21H22ClN3O4S2. The second-order valence-electron chi connectivity index (χ2n) is 6.61. The van der Waals surface area contributed by atoms with Crippen LogP contribution in [0.25, 0.3) is 0 Å². The minimum atomic E-state index is -3.63. The van der Waals surface area contributed by atoms with Gasteiger partial charge in [0, 0.05) is 27.5 Å². The Morgan fingerprint density at radius 2 is 1.90 bits per heavy atom. The van der Waals surface area contributed by atoms with Crippen LogP contribution in [0.4, 0.5) is 21.9 Å². The highest BCUT2D eigenvalue weighted by molar-refractivity contribution is 7.91. The van der Waals surface area contributed by atoms with Crippen molar-refractivity contribution in [1.82, 2.24) is 0 Å². The SMILES string of the molecule is CCOC(=O)Nc1ccc(NCc2scc(S(=O)(=O)c3ccc(Cl)cc3)c2C)cc1N. The molecule has 0 aliphatic heterocycles. The van der Waals surface area contributed by atoms with Gasteiger partial charge in [-0.2, -0.15) is 0 Å². The number of thiophene rings is 1. The zero-order valence-electron chi connectivity index (χ0n) is 16.9. The molecule has 4 N–H and O–H groups in total. The van der Waals surface area contributed by atoms with Crippen molar-refractivity contribution in [3.63, 3.8) is 0 Å². The summed E-state index contributed by atoms with van der Waals surface area (Å²) in [5.74, 6) is 0. The van der Waals surface area contributed by atoms with Gasteiger partial charge in [0.15, 0.2) is 0 Å². The molecule has 3 aromatic rings. The Morgan fingerprint density at radius 3 is 2.55 bits per heavy atom. The van der Waals surface area contributed by atoms with Crippen molar-refractivity contribution in [2.45, 2.75) is 30.2 Å². The Kier molecular flexibility index (Phi) is 7.09. The van der Waals surface area contributed by atoms with E-state index in [-0.39, 0.29) is 16.4 Å². The van der Waals surface area contributed by atoms with Crippen LogP contribution < -0.4 is 16.4 Å². The molecule has 0 bridgehead atoms.